The quantitative estimate of drug-likeness (QED) is 0.858. The number of nitrogens with zero attached hydrogens (tertiary/aromatic N) is 3. The first-order valence-electron chi connectivity index (χ1n) is 7.70. The van der Waals surface area contributed by atoms with E-state index in [2.05, 4.69) is 30.0 Å². The Hall–Kier alpha value is -0.870. The number of rotatable bonds is 6. The minimum Gasteiger partial charge on any atom is -0.329 e. The molecule has 0 atom stereocenters. The smallest absolute Gasteiger partial charge is 0.0534 e. The van der Waals surface area contributed by atoms with Crippen molar-refractivity contribution in [3.8, 4) is 0 Å². The zero-order valence-corrected chi connectivity index (χ0v) is 12.4. The molecule has 2 N–H and O–H groups in total. The summed E-state index contributed by atoms with van der Waals surface area (Å²) < 4.78 is 2.00. The van der Waals surface area contributed by atoms with Gasteiger partial charge in [-0.25, -0.2) is 0 Å². The standard InChI is InChI=1S/C15H28N4/c1-3-18(11-14-10-17-19(4-2)12-14)15(13-16)8-6-5-7-9-15/h10,12H,3-9,11,13,16H2,1-2H3. The van der Waals surface area contributed by atoms with E-state index in [0.29, 0.717) is 0 Å². The number of hydrogen-bond acceptors (Lipinski definition) is 3. The van der Waals surface area contributed by atoms with Gasteiger partial charge >= 0.3 is 0 Å². The lowest BCUT2D eigenvalue weighted by Crippen LogP contribution is -2.54. The number of nitrogens with two attached hydrogens (primary N) is 1. The van der Waals surface area contributed by atoms with Crippen molar-refractivity contribution in [3.05, 3.63) is 18.0 Å². The molecule has 4 nitrogen and oxygen atoms in total. The first kappa shape index (κ1) is 14.5. The van der Waals surface area contributed by atoms with Gasteiger partial charge in [0, 0.05) is 36.9 Å². The Bertz CT molecular complexity index is 379. The van der Waals surface area contributed by atoms with Gasteiger partial charge in [-0.2, -0.15) is 5.10 Å². The fourth-order valence-electron chi connectivity index (χ4n) is 3.36. The SMILES string of the molecule is CCN(Cc1cnn(CC)c1)C1(CN)CCCCC1. The molecule has 0 bridgehead atoms. The predicted octanol–water partition coefficient (Wildman–Crippen LogP) is 2.39. The molecule has 1 aromatic heterocycles. The van der Waals surface area contributed by atoms with E-state index in [1.807, 2.05) is 10.9 Å². The van der Waals surface area contributed by atoms with E-state index in [-0.39, 0.29) is 5.54 Å². The van der Waals surface area contributed by atoms with Crippen molar-refractivity contribution in [1.29, 1.82) is 0 Å². The molecule has 108 valence electrons. The average molecular weight is 264 g/mol. The largest absolute Gasteiger partial charge is 0.329 e. The van der Waals surface area contributed by atoms with Crippen LogP contribution in [0.25, 0.3) is 0 Å². The van der Waals surface area contributed by atoms with E-state index < -0.39 is 0 Å². The summed E-state index contributed by atoms with van der Waals surface area (Å²) in [4.78, 5) is 2.57. The molecule has 0 radical (unpaired) electrons. The molecule has 0 amide bonds. The van der Waals surface area contributed by atoms with Crippen LogP contribution in [0.2, 0.25) is 0 Å². The Morgan fingerprint density at radius 2 is 2.05 bits per heavy atom. The van der Waals surface area contributed by atoms with E-state index in [9.17, 15) is 0 Å². The molecule has 0 unspecified atom stereocenters. The molecule has 1 fully saturated rings. The van der Waals surface area contributed by atoms with Gasteiger partial charge in [0.15, 0.2) is 0 Å². The molecule has 0 spiro atoms. The molecule has 1 saturated carbocycles. The molecule has 0 aromatic carbocycles. The van der Waals surface area contributed by atoms with Crippen LogP contribution < -0.4 is 5.73 Å². The Morgan fingerprint density at radius 1 is 1.32 bits per heavy atom. The van der Waals surface area contributed by atoms with Crippen molar-refractivity contribution in [2.45, 2.75) is 64.6 Å². The fourth-order valence-corrected chi connectivity index (χ4v) is 3.36. The zero-order chi connectivity index (χ0) is 13.7. The maximum Gasteiger partial charge on any atom is 0.0534 e. The monoisotopic (exact) mass is 264 g/mol. The van der Waals surface area contributed by atoms with Crippen LogP contribution in [0, 0.1) is 0 Å². The van der Waals surface area contributed by atoms with E-state index in [4.69, 9.17) is 5.73 Å². The van der Waals surface area contributed by atoms with Crippen molar-refractivity contribution >= 4 is 0 Å². The highest BCUT2D eigenvalue weighted by Crippen LogP contribution is 2.33. The summed E-state index contributed by atoms with van der Waals surface area (Å²) in [5, 5.41) is 4.37. The Balaban J connectivity index is 2.09. The molecule has 2 rings (SSSR count). The van der Waals surface area contributed by atoms with Gasteiger partial charge in [0.2, 0.25) is 0 Å². The van der Waals surface area contributed by atoms with Crippen LogP contribution in [0.1, 0.15) is 51.5 Å². The third kappa shape index (κ3) is 3.18. The van der Waals surface area contributed by atoms with Gasteiger partial charge in [0.05, 0.1) is 6.20 Å². The topological polar surface area (TPSA) is 47.1 Å². The summed E-state index contributed by atoms with van der Waals surface area (Å²) in [6, 6.07) is 0. The van der Waals surface area contributed by atoms with Crippen molar-refractivity contribution in [3.63, 3.8) is 0 Å². The highest BCUT2D eigenvalue weighted by molar-refractivity contribution is 5.06. The summed E-state index contributed by atoms with van der Waals surface area (Å²) in [5.74, 6) is 0. The summed E-state index contributed by atoms with van der Waals surface area (Å²) >= 11 is 0. The predicted molar refractivity (Wildman–Crippen MR) is 78.9 cm³/mol. The molecule has 1 heterocycles. The third-order valence-corrected chi connectivity index (χ3v) is 4.60. The summed E-state index contributed by atoms with van der Waals surface area (Å²) in [5.41, 5.74) is 7.67. The molecule has 0 aliphatic heterocycles. The van der Waals surface area contributed by atoms with Gasteiger partial charge in [-0.1, -0.05) is 26.2 Å². The fraction of sp³-hybridized carbons (Fsp3) is 0.800. The molecule has 19 heavy (non-hydrogen) atoms. The second kappa shape index (κ2) is 6.53. The van der Waals surface area contributed by atoms with Crippen LogP contribution >= 0.6 is 0 Å². The Kier molecular flexibility index (Phi) is 4.99. The van der Waals surface area contributed by atoms with Crippen LogP contribution in [-0.4, -0.2) is 33.3 Å². The summed E-state index contributed by atoms with van der Waals surface area (Å²) in [6.45, 7) is 8.13. The third-order valence-electron chi connectivity index (χ3n) is 4.60. The maximum absolute atomic E-state index is 6.14. The van der Waals surface area contributed by atoms with Crippen LogP contribution in [-0.2, 0) is 13.1 Å². The van der Waals surface area contributed by atoms with Gasteiger partial charge in [-0.05, 0) is 26.3 Å². The Labute approximate surface area is 117 Å². The van der Waals surface area contributed by atoms with E-state index in [0.717, 1.165) is 26.2 Å². The number of hydrogen-bond donors (Lipinski definition) is 1. The highest BCUT2D eigenvalue weighted by Gasteiger charge is 2.35. The number of aryl methyl sites for hydroxylation is 1. The molecule has 0 saturated heterocycles. The highest BCUT2D eigenvalue weighted by atomic mass is 15.3. The molecular weight excluding hydrogens is 236 g/mol. The molecule has 4 heteroatoms. The van der Waals surface area contributed by atoms with Crippen molar-refractivity contribution < 1.29 is 0 Å². The van der Waals surface area contributed by atoms with Gasteiger partial charge in [-0.15, -0.1) is 0 Å². The van der Waals surface area contributed by atoms with E-state index >= 15 is 0 Å². The molecule has 1 aliphatic carbocycles. The maximum atomic E-state index is 6.14. The van der Waals surface area contributed by atoms with Crippen molar-refractivity contribution in [2.75, 3.05) is 13.1 Å². The lowest BCUT2D eigenvalue weighted by Gasteiger charge is -2.45. The van der Waals surface area contributed by atoms with Gasteiger partial charge in [0.1, 0.15) is 0 Å². The summed E-state index contributed by atoms with van der Waals surface area (Å²) in [7, 11) is 0. The normalized spacial score (nSPS) is 18.9. The Morgan fingerprint density at radius 3 is 2.58 bits per heavy atom. The van der Waals surface area contributed by atoms with Gasteiger partial charge < -0.3 is 5.73 Å². The average Bonchev–Trinajstić information content (AvgIpc) is 2.93. The molecule has 1 aliphatic rings. The minimum atomic E-state index is 0.224. The van der Waals surface area contributed by atoms with Crippen LogP contribution in [0.5, 0.6) is 0 Å². The van der Waals surface area contributed by atoms with Crippen molar-refractivity contribution in [1.82, 2.24) is 14.7 Å². The second-order valence-electron chi connectivity index (χ2n) is 5.71. The zero-order valence-electron chi connectivity index (χ0n) is 12.4. The summed E-state index contributed by atoms with van der Waals surface area (Å²) in [6.07, 6.45) is 10.7. The second-order valence-corrected chi connectivity index (χ2v) is 5.71. The van der Waals surface area contributed by atoms with E-state index in [1.165, 1.54) is 37.7 Å². The van der Waals surface area contributed by atoms with Gasteiger partial charge in [-0.3, -0.25) is 9.58 Å². The first-order valence-corrected chi connectivity index (χ1v) is 7.70. The molecule has 1 aromatic rings. The first-order chi connectivity index (χ1) is 9.24. The molecular formula is C15H28N4. The van der Waals surface area contributed by atoms with Crippen LogP contribution in [0.15, 0.2) is 12.4 Å². The van der Waals surface area contributed by atoms with Crippen molar-refractivity contribution in [2.24, 2.45) is 5.73 Å². The van der Waals surface area contributed by atoms with Crippen LogP contribution in [0.3, 0.4) is 0 Å². The number of likely N-dealkylation sites (N-methyl/N-ethyl adjacent to an activating group) is 1. The minimum absolute atomic E-state index is 0.224. The van der Waals surface area contributed by atoms with Gasteiger partial charge in [0.25, 0.3) is 0 Å². The lowest BCUT2D eigenvalue weighted by molar-refractivity contribution is 0.0546. The number of aromatic nitrogens is 2. The lowest BCUT2D eigenvalue weighted by atomic mass is 9.80. The van der Waals surface area contributed by atoms with Crippen LogP contribution in [0.4, 0.5) is 0 Å². The van der Waals surface area contributed by atoms with E-state index in [1.54, 1.807) is 0 Å².